The normalized spacial score (nSPS) is 11.6. The molecule has 0 aliphatic rings. The van der Waals surface area contributed by atoms with Gasteiger partial charge < -0.3 is 5.73 Å². The Morgan fingerprint density at radius 3 is 2.43 bits per heavy atom. The van der Waals surface area contributed by atoms with Crippen molar-refractivity contribution < 1.29 is 0 Å². The van der Waals surface area contributed by atoms with E-state index in [0.717, 1.165) is 12.0 Å². The monoisotopic (exact) mass is 235 g/mol. The minimum Gasteiger partial charge on any atom is -0.328 e. The Morgan fingerprint density at radius 2 is 1.93 bits per heavy atom. The summed E-state index contributed by atoms with van der Waals surface area (Å²) in [5, 5.41) is 0. The fourth-order valence-corrected chi connectivity index (χ4v) is 0.815. The first-order valence-electron chi connectivity index (χ1n) is 3.96. The van der Waals surface area contributed by atoms with Crippen LogP contribution < -0.4 is 5.73 Å². The Hall–Kier alpha value is -0.640. The molecule has 0 fully saturated rings. The van der Waals surface area contributed by atoms with E-state index in [-0.39, 0.29) is 30.9 Å². The first kappa shape index (κ1) is 15.8. The molecule has 3 nitrogen and oxygen atoms in total. The van der Waals surface area contributed by atoms with Gasteiger partial charge in [0.1, 0.15) is 6.33 Å². The van der Waals surface area contributed by atoms with E-state index in [1.165, 1.54) is 6.33 Å². The van der Waals surface area contributed by atoms with Crippen LogP contribution in [0.5, 0.6) is 0 Å². The van der Waals surface area contributed by atoms with Crippen LogP contribution >= 0.6 is 24.8 Å². The second-order valence-corrected chi connectivity index (χ2v) is 2.79. The van der Waals surface area contributed by atoms with Gasteiger partial charge in [-0.05, 0) is 13.3 Å². The minimum absolute atomic E-state index is 0. The summed E-state index contributed by atoms with van der Waals surface area (Å²) in [6.45, 7) is 1.98. The number of hydrogen-bond acceptors (Lipinski definition) is 3. The van der Waals surface area contributed by atoms with Gasteiger partial charge >= 0.3 is 0 Å². The summed E-state index contributed by atoms with van der Waals surface area (Å²) in [4.78, 5) is 7.78. The maximum Gasteiger partial charge on any atom is 0.115 e. The van der Waals surface area contributed by atoms with Crippen LogP contribution in [0.2, 0.25) is 0 Å². The standard InChI is InChI=1S/C9H13N3.2ClH/c1-8(10)3-2-4-9-5-11-7-12-6-9;;/h2,4-8H,3,10H2,1H3;2*1H/b4-2+;;/t8-;;/m0../s1. The summed E-state index contributed by atoms with van der Waals surface area (Å²) in [5.41, 5.74) is 6.59. The van der Waals surface area contributed by atoms with Crippen molar-refractivity contribution in [1.29, 1.82) is 0 Å². The molecule has 0 saturated heterocycles. The van der Waals surface area contributed by atoms with Crippen LogP contribution in [-0.4, -0.2) is 16.0 Å². The smallest absolute Gasteiger partial charge is 0.115 e. The number of halogens is 2. The molecule has 14 heavy (non-hydrogen) atoms. The lowest BCUT2D eigenvalue weighted by Gasteiger charge is -1.96. The largest absolute Gasteiger partial charge is 0.328 e. The van der Waals surface area contributed by atoms with Crippen molar-refractivity contribution in [3.05, 3.63) is 30.4 Å². The highest BCUT2D eigenvalue weighted by Gasteiger charge is 1.88. The molecule has 1 heterocycles. The average molecular weight is 236 g/mol. The third-order valence-electron chi connectivity index (χ3n) is 1.40. The summed E-state index contributed by atoms with van der Waals surface area (Å²) < 4.78 is 0. The van der Waals surface area contributed by atoms with E-state index in [1.807, 2.05) is 19.1 Å². The van der Waals surface area contributed by atoms with Gasteiger partial charge in [0.25, 0.3) is 0 Å². The van der Waals surface area contributed by atoms with Crippen LogP contribution in [0, 0.1) is 0 Å². The Kier molecular flexibility index (Phi) is 10.1. The van der Waals surface area contributed by atoms with E-state index >= 15 is 0 Å². The molecule has 80 valence electrons. The van der Waals surface area contributed by atoms with Gasteiger partial charge in [-0.3, -0.25) is 0 Å². The number of aromatic nitrogens is 2. The summed E-state index contributed by atoms with van der Waals surface area (Å²) >= 11 is 0. The van der Waals surface area contributed by atoms with Gasteiger partial charge in [-0.25, -0.2) is 9.97 Å². The summed E-state index contributed by atoms with van der Waals surface area (Å²) in [7, 11) is 0. The first-order chi connectivity index (χ1) is 5.79. The van der Waals surface area contributed by atoms with E-state index in [4.69, 9.17) is 5.73 Å². The van der Waals surface area contributed by atoms with E-state index < -0.39 is 0 Å². The van der Waals surface area contributed by atoms with Gasteiger partial charge in [0.05, 0.1) is 0 Å². The highest BCUT2D eigenvalue weighted by molar-refractivity contribution is 5.85. The summed E-state index contributed by atoms with van der Waals surface area (Å²) in [6.07, 6.45) is 9.94. The molecule has 1 rings (SSSR count). The minimum atomic E-state index is 0. The van der Waals surface area contributed by atoms with Gasteiger partial charge in [-0.1, -0.05) is 12.2 Å². The Balaban J connectivity index is 0. The predicted molar refractivity (Wildman–Crippen MR) is 63.8 cm³/mol. The van der Waals surface area contributed by atoms with Gasteiger partial charge in [-0.15, -0.1) is 24.8 Å². The van der Waals surface area contributed by atoms with Gasteiger partial charge in [-0.2, -0.15) is 0 Å². The molecule has 0 radical (unpaired) electrons. The molecule has 1 aromatic rings. The molecule has 0 amide bonds. The molecule has 0 unspecified atom stereocenters. The molecule has 0 aromatic carbocycles. The summed E-state index contributed by atoms with van der Waals surface area (Å²) in [6, 6.07) is 0.214. The Morgan fingerprint density at radius 1 is 1.36 bits per heavy atom. The van der Waals surface area contributed by atoms with Crippen LogP contribution in [0.4, 0.5) is 0 Å². The second kappa shape index (κ2) is 8.94. The number of rotatable bonds is 3. The number of hydrogen-bond donors (Lipinski definition) is 1. The van der Waals surface area contributed by atoms with Crippen molar-refractivity contribution in [3.8, 4) is 0 Å². The molecular formula is C9H15Cl2N3. The Labute approximate surface area is 96.7 Å². The van der Waals surface area contributed by atoms with Crippen LogP contribution in [0.15, 0.2) is 24.8 Å². The fourth-order valence-electron chi connectivity index (χ4n) is 0.815. The zero-order chi connectivity index (χ0) is 8.81. The van der Waals surface area contributed by atoms with Crippen LogP contribution in [0.3, 0.4) is 0 Å². The van der Waals surface area contributed by atoms with Gasteiger partial charge in [0.2, 0.25) is 0 Å². The van der Waals surface area contributed by atoms with Crippen molar-refractivity contribution in [2.45, 2.75) is 19.4 Å². The lowest BCUT2D eigenvalue weighted by molar-refractivity contribution is 0.759. The molecular weight excluding hydrogens is 221 g/mol. The van der Waals surface area contributed by atoms with Crippen LogP contribution in [0.25, 0.3) is 6.08 Å². The average Bonchev–Trinajstić information content (AvgIpc) is 2.05. The van der Waals surface area contributed by atoms with Gasteiger partial charge in [0, 0.05) is 24.0 Å². The lowest BCUT2D eigenvalue weighted by Crippen LogP contribution is -2.12. The molecule has 0 bridgehead atoms. The predicted octanol–water partition coefficient (Wildman–Crippen LogP) is 2.07. The zero-order valence-electron chi connectivity index (χ0n) is 7.96. The lowest BCUT2D eigenvalue weighted by atomic mass is 10.2. The van der Waals surface area contributed by atoms with Crippen LogP contribution in [0.1, 0.15) is 18.9 Å². The molecule has 0 spiro atoms. The SMILES string of the molecule is C[C@H](N)C/C=C/c1cncnc1.Cl.Cl. The molecule has 0 aliphatic heterocycles. The van der Waals surface area contributed by atoms with Crippen molar-refractivity contribution in [3.63, 3.8) is 0 Å². The number of nitrogens with zero attached hydrogens (tertiary/aromatic N) is 2. The molecule has 5 heteroatoms. The van der Waals surface area contributed by atoms with Gasteiger partial charge in [0.15, 0.2) is 0 Å². The summed E-state index contributed by atoms with van der Waals surface area (Å²) in [5.74, 6) is 0. The highest BCUT2D eigenvalue weighted by Crippen LogP contribution is 1.98. The third-order valence-corrected chi connectivity index (χ3v) is 1.40. The van der Waals surface area contributed by atoms with E-state index in [9.17, 15) is 0 Å². The molecule has 2 N–H and O–H groups in total. The maximum atomic E-state index is 5.57. The van der Waals surface area contributed by atoms with E-state index in [1.54, 1.807) is 12.4 Å². The van der Waals surface area contributed by atoms with Crippen LogP contribution in [-0.2, 0) is 0 Å². The Bertz CT molecular complexity index is 249. The maximum absolute atomic E-state index is 5.57. The molecule has 1 atom stereocenters. The van der Waals surface area contributed by atoms with Crippen molar-refractivity contribution in [2.75, 3.05) is 0 Å². The fraction of sp³-hybridized carbons (Fsp3) is 0.333. The topological polar surface area (TPSA) is 51.8 Å². The molecule has 0 saturated carbocycles. The first-order valence-corrected chi connectivity index (χ1v) is 3.96. The highest BCUT2D eigenvalue weighted by atomic mass is 35.5. The van der Waals surface area contributed by atoms with Crippen molar-refractivity contribution in [2.24, 2.45) is 5.73 Å². The zero-order valence-corrected chi connectivity index (χ0v) is 9.59. The van der Waals surface area contributed by atoms with Crippen molar-refractivity contribution in [1.82, 2.24) is 9.97 Å². The second-order valence-electron chi connectivity index (χ2n) is 2.79. The van der Waals surface area contributed by atoms with E-state index in [0.29, 0.717) is 0 Å². The van der Waals surface area contributed by atoms with Crippen molar-refractivity contribution >= 4 is 30.9 Å². The quantitative estimate of drug-likeness (QED) is 0.873. The third kappa shape index (κ3) is 6.83. The molecule has 0 aliphatic carbocycles. The number of nitrogens with two attached hydrogens (primary N) is 1. The van der Waals surface area contributed by atoms with E-state index in [2.05, 4.69) is 9.97 Å². The molecule has 1 aromatic heterocycles.